The van der Waals surface area contributed by atoms with E-state index in [1.54, 1.807) is 0 Å². The molecule has 0 unspecified atom stereocenters. The highest BCUT2D eigenvalue weighted by atomic mass is 15.0. The molecule has 6 heteroatoms. The standard InChI is InChI=1S/C58H44N6/c1-5-14-39(15-6-1)52-59-53(40-16-7-2-8-17-40)61-56(60-52)43-26-24-38(25-27-43)44-28-29-49-48(35-44)51-47(22-13-23-50(51)58(49)45-31-36-30-37(33-45)34-46(58)32-36)57-63-54(41-18-9-3-10-19-41)62-55(64-57)42-20-11-4-12-21-42/h1-29,35-37,45-46H,30-34H2. The Kier molecular flexibility index (Phi) is 8.61. The second-order valence-corrected chi connectivity index (χ2v) is 18.3. The Balaban J connectivity index is 0.959. The van der Waals surface area contributed by atoms with Gasteiger partial charge in [0.2, 0.25) is 0 Å². The Labute approximate surface area is 373 Å². The zero-order valence-corrected chi connectivity index (χ0v) is 35.3. The van der Waals surface area contributed by atoms with Crippen molar-refractivity contribution < 1.29 is 0 Å². The fraction of sp³-hybridized carbons (Fsp3) is 0.172. The number of rotatable bonds is 7. The smallest absolute Gasteiger partial charge is 0.164 e. The Morgan fingerprint density at radius 3 is 1.14 bits per heavy atom. The molecule has 0 N–H and O–H groups in total. The van der Waals surface area contributed by atoms with Gasteiger partial charge in [0.05, 0.1) is 0 Å². The lowest BCUT2D eigenvalue weighted by atomic mass is 9.43. The largest absolute Gasteiger partial charge is 0.208 e. The number of aromatic nitrogens is 6. The molecule has 2 aromatic heterocycles. The van der Waals surface area contributed by atoms with Crippen LogP contribution >= 0.6 is 0 Å². The Morgan fingerprint density at radius 2 is 0.688 bits per heavy atom. The Morgan fingerprint density at radius 1 is 0.297 bits per heavy atom. The van der Waals surface area contributed by atoms with Crippen LogP contribution in [0.1, 0.15) is 43.2 Å². The average Bonchev–Trinajstić information content (AvgIpc) is 3.66. The van der Waals surface area contributed by atoms with E-state index >= 15 is 0 Å². The number of hydrogen-bond donors (Lipinski definition) is 0. The molecule has 0 atom stereocenters. The maximum Gasteiger partial charge on any atom is 0.164 e. The summed E-state index contributed by atoms with van der Waals surface area (Å²) >= 11 is 0. The molecule has 4 saturated carbocycles. The molecule has 5 aliphatic carbocycles. The first-order valence-electron chi connectivity index (χ1n) is 22.8. The minimum absolute atomic E-state index is 0.0142. The molecule has 0 aliphatic heterocycles. The fourth-order valence-electron chi connectivity index (χ4n) is 12.3. The average molecular weight is 825 g/mol. The van der Waals surface area contributed by atoms with Gasteiger partial charge in [0.15, 0.2) is 34.9 Å². The lowest BCUT2D eigenvalue weighted by molar-refractivity contribution is -0.0399. The summed E-state index contributed by atoms with van der Waals surface area (Å²) in [5.41, 5.74) is 13.8. The van der Waals surface area contributed by atoms with E-state index in [0.29, 0.717) is 46.8 Å². The van der Waals surface area contributed by atoms with Gasteiger partial charge in [0.1, 0.15) is 0 Å². The van der Waals surface area contributed by atoms with Gasteiger partial charge < -0.3 is 0 Å². The summed E-state index contributed by atoms with van der Waals surface area (Å²) in [5.74, 6) is 7.01. The number of fused-ring (bicyclic) bond motifs is 3. The third kappa shape index (κ3) is 6.00. The predicted octanol–water partition coefficient (Wildman–Crippen LogP) is 13.4. The number of benzene rings is 7. The molecule has 7 aromatic carbocycles. The quantitative estimate of drug-likeness (QED) is 0.159. The minimum atomic E-state index is -0.0142. The van der Waals surface area contributed by atoms with Crippen molar-refractivity contribution in [2.45, 2.75) is 37.5 Å². The van der Waals surface area contributed by atoms with Gasteiger partial charge in [-0.1, -0.05) is 176 Å². The van der Waals surface area contributed by atoms with Crippen molar-refractivity contribution in [2.24, 2.45) is 23.7 Å². The summed E-state index contributed by atoms with van der Waals surface area (Å²) in [6.45, 7) is 0. The molecule has 4 fully saturated rings. The summed E-state index contributed by atoms with van der Waals surface area (Å²) in [7, 11) is 0. The van der Waals surface area contributed by atoms with Crippen LogP contribution in [0, 0.1) is 23.7 Å². The van der Waals surface area contributed by atoms with Gasteiger partial charge in [0, 0.05) is 38.8 Å². The highest BCUT2D eigenvalue weighted by molar-refractivity contribution is 5.94. The van der Waals surface area contributed by atoms with Crippen molar-refractivity contribution >= 4 is 0 Å². The molecule has 6 nitrogen and oxygen atoms in total. The molecule has 14 rings (SSSR count). The van der Waals surface area contributed by atoms with E-state index < -0.39 is 0 Å². The first kappa shape index (κ1) is 37.1. The van der Waals surface area contributed by atoms with E-state index in [0.717, 1.165) is 50.8 Å². The van der Waals surface area contributed by atoms with Gasteiger partial charge in [-0.05, 0) is 95.2 Å². The number of nitrogens with zero attached hydrogens (tertiary/aromatic N) is 6. The molecule has 1 spiro atoms. The highest BCUT2D eigenvalue weighted by Gasteiger charge is 2.61. The normalized spacial score (nSPS) is 21.2. The van der Waals surface area contributed by atoms with Crippen LogP contribution in [-0.4, -0.2) is 29.9 Å². The van der Waals surface area contributed by atoms with Crippen molar-refractivity contribution in [3.05, 3.63) is 193 Å². The monoisotopic (exact) mass is 824 g/mol. The SMILES string of the molecule is c1ccc(-c2nc(-c3ccccc3)nc(-c3ccc(-c4ccc5c(c4)-c4c(-c6nc(-c7ccccc7)nc(-c7ccccc7)n6)cccc4C54C5CC6CC(C5)CC4C6)cc3)n2)cc1. The van der Waals surface area contributed by atoms with Gasteiger partial charge >= 0.3 is 0 Å². The third-order valence-electron chi connectivity index (χ3n) is 14.8. The maximum absolute atomic E-state index is 5.31. The second kappa shape index (κ2) is 14.8. The first-order valence-corrected chi connectivity index (χ1v) is 22.8. The molecule has 0 saturated heterocycles. The van der Waals surface area contributed by atoms with Gasteiger partial charge in [-0.3, -0.25) is 0 Å². The van der Waals surface area contributed by atoms with Crippen LogP contribution in [0.2, 0.25) is 0 Å². The first-order chi connectivity index (χ1) is 31.7. The van der Waals surface area contributed by atoms with E-state index in [1.807, 2.05) is 72.8 Å². The van der Waals surface area contributed by atoms with Crippen LogP contribution < -0.4 is 0 Å². The summed E-state index contributed by atoms with van der Waals surface area (Å²) in [6, 6.07) is 64.0. The zero-order valence-electron chi connectivity index (χ0n) is 35.3. The minimum Gasteiger partial charge on any atom is -0.208 e. The molecule has 0 radical (unpaired) electrons. The van der Waals surface area contributed by atoms with Gasteiger partial charge in [0.25, 0.3) is 0 Å². The van der Waals surface area contributed by atoms with Crippen molar-refractivity contribution in [3.63, 3.8) is 0 Å². The Hall–Kier alpha value is -7.44. The van der Waals surface area contributed by atoms with Crippen LogP contribution in [0.5, 0.6) is 0 Å². The van der Waals surface area contributed by atoms with Crippen LogP contribution in [-0.2, 0) is 5.41 Å². The molecule has 5 aliphatic rings. The molecular formula is C58H44N6. The number of hydrogen-bond acceptors (Lipinski definition) is 6. The lowest BCUT2D eigenvalue weighted by Gasteiger charge is -2.61. The van der Waals surface area contributed by atoms with Gasteiger partial charge in [-0.2, -0.15) is 0 Å². The Bertz CT molecular complexity index is 3060. The lowest BCUT2D eigenvalue weighted by Crippen LogP contribution is -2.55. The predicted molar refractivity (Wildman–Crippen MR) is 255 cm³/mol. The fourth-order valence-corrected chi connectivity index (χ4v) is 12.3. The molecule has 9 aromatic rings. The molecular weight excluding hydrogens is 781 g/mol. The van der Waals surface area contributed by atoms with Crippen LogP contribution in [0.15, 0.2) is 182 Å². The van der Waals surface area contributed by atoms with Crippen molar-refractivity contribution in [1.29, 1.82) is 0 Å². The second-order valence-electron chi connectivity index (χ2n) is 18.3. The van der Waals surface area contributed by atoms with Crippen molar-refractivity contribution in [3.8, 4) is 90.6 Å². The zero-order chi connectivity index (χ0) is 42.2. The van der Waals surface area contributed by atoms with Crippen LogP contribution in [0.25, 0.3) is 90.6 Å². The summed E-state index contributed by atoms with van der Waals surface area (Å²) in [5, 5.41) is 0. The van der Waals surface area contributed by atoms with Crippen molar-refractivity contribution in [2.75, 3.05) is 0 Å². The van der Waals surface area contributed by atoms with Crippen molar-refractivity contribution in [1.82, 2.24) is 29.9 Å². The molecule has 64 heavy (non-hydrogen) atoms. The van der Waals surface area contributed by atoms with Gasteiger partial charge in [-0.15, -0.1) is 0 Å². The molecule has 0 amide bonds. The topological polar surface area (TPSA) is 77.3 Å². The summed E-state index contributed by atoms with van der Waals surface area (Å²) in [4.78, 5) is 30.6. The summed E-state index contributed by atoms with van der Waals surface area (Å²) in [6.07, 6.45) is 6.68. The van der Waals surface area contributed by atoms with Gasteiger partial charge in [-0.25, -0.2) is 29.9 Å². The third-order valence-corrected chi connectivity index (χ3v) is 14.8. The van der Waals surface area contributed by atoms with Crippen LogP contribution in [0.3, 0.4) is 0 Å². The van der Waals surface area contributed by atoms with E-state index in [2.05, 4.69) is 109 Å². The maximum atomic E-state index is 5.31. The van der Waals surface area contributed by atoms with E-state index in [-0.39, 0.29) is 5.41 Å². The van der Waals surface area contributed by atoms with E-state index in [1.165, 1.54) is 59.9 Å². The van der Waals surface area contributed by atoms with E-state index in [4.69, 9.17) is 29.9 Å². The van der Waals surface area contributed by atoms with E-state index in [9.17, 15) is 0 Å². The molecule has 306 valence electrons. The highest BCUT2D eigenvalue weighted by Crippen LogP contribution is 2.70. The summed E-state index contributed by atoms with van der Waals surface area (Å²) < 4.78 is 0. The molecule has 2 heterocycles. The molecule has 4 bridgehead atoms. The van der Waals surface area contributed by atoms with Crippen LogP contribution in [0.4, 0.5) is 0 Å².